The van der Waals surface area contributed by atoms with Crippen LogP contribution in [0.5, 0.6) is 0 Å². The van der Waals surface area contributed by atoms with Gasteiger partial charge in [-0.1, -0.05) is 11.6 Å². The smallest absolute Gasteiger partial charge is 0.241 e. The Morgan fingerprint density at radius 1 is 1.47 bits per heavy atom. The molecule has 1 aromatic carbocycles. The van der Waals surface area contributed by atoms with Crippen molar-refractivity contribution in [2.75, 3.05) is 5.32 Å². The molecule has 1 amide bonds. The van der Waals surface area contributed by atoms with E-state index in [1.54, 1.807) is 31.3 Å². The van der Waals surface area contributed by atoms with Crippen LogP contribution in [0, 0.1) is 0 Å². The maximum Gasteiger partial charge on any atom is 0.241 e. The monoisotopic (exact) mass is 249 g/mol. The molecule has 1 aromatic heterocycles. The predicted octanol–water partition coefficient (Wildman–Crippen LogP) is 2.17. The minimum Gasteiger partial charge on any atom is -0.324 e. The zero-order valence-electron chi connectivity index (χ0n) is 9.27. The van der Waals surface area contributed by atoms with Gasteiger partial charge in [-0.25, -0.2) is 0 Å². The third-order valence-electron chi connectivity index (χ3n) is 2.39. The number of pyridine rings is 1. The van der Waals surface area contributed by atoms with Crippen molar-refractivity contribution < 1.29 is 4.79 Å². The second kappa shape index (κ2) is 4.69. The van der Waals surface area contributed by atoms with E-state index in [2.05, 4.69) is 10.3 Å². The first-order valence-electron chi connectivity index (χ1n) is 5.19. The topological polar surface area (TPSA) is 68.0 Å². The average molecular weight is 250 g/mol. The first kappa shape index (κ1) is 11.8. The number of anilines is 1. The van der Waals surface area contributed by atoms with E-state index in [0.717, 1.165) is 5.39 Å². The molecule has 1 atom stereocenters. The minimum atomic E-state index is -0.558. The first-order chi connectivity index (χ1) is 8.09. The van der Waals surface area contributed by atoms with E-state index in [4.69, 9.17) is 17.3 Å². The number of carbonyl (C=O) groups excluding carboxylic acids is 1. The molecule has 2 rings (SSSR count). The van der Waals surface area contributed by atoms with Gasteiger partial charge in [-0.15, -0.1) is 0 Å². The lowest BCUT2D eigenvalue weighted by Gasteiger charge is -2.10. The zero-order chi connectivity index (χ0) is 12.4. The number of benzene rings is 1. The second-order valence-corrected chi connectivity index (χ2v) is 4.18. The highest BCUT2D eigenvalue weighted by Gasteiger charge is 2.11. The number of nitrogens with zero attached hydrogens (tertiary/aromatic N) is 1. The molecule has 0 aliphatic rings. The van der Waals surface area contributed by atoms with Crippen molar-refractivity contribution in [1.82, 2.24) is 4.98 Å². The summed E-state index contributed by atoms with van der Waals surface area (Å²) in [5, 5.41) is 4.10. The van der Waals surface area contributed by atoms with Crippen molar-refractivity contribution in [3.8, 4) is 0 Å². The van der Waals surface area contributed by atoms with Crippen molar-refractivity contribution >= 4 is 34.1 Å². The van der Waals surface area contributed by atoms with Crippen LogP contribution in [0.2, 0.25) is 5.02 Å². The molecule has 0 unspecified atom stereocenters. The van der Waals surface area contributed by atoms with Crippen molar-refractivity contribution in [2.45, 2.75) is 13.0 Å². The lowest BCUT2D eigenvalue weighted by Crippen LogP contribution is -2.32. The molecule has 0 aliphatic carbocycles. The van der Waals surface area contributed by atoms with Gasteiger partial charge in [-0.3, -0.25) is 9.78 Å². The van der Waals surface area contributed by atoms with Crippen molar-refractivity contribution in [3.05, 3.63) is 35.5 Å². The van der Waals surface area contributed by atoms with Gasteiger partial charge in [0.15, 0.2) is 0 Å². The molecule has 0 bridgehead atoms. The number of nitrogens with two attached hydrogens (primary N) is 1. The number of rotatable bonds is 2. The summed E-state index contributed by atoms with van der Waals surface area (Å²) >= 11 is 6.03. The third-order valence-corrected chi connectivity index (χ3v) is 2.70. The molecule has 0 fully saturated rings. The van der Waals surface area contributed by atoms with Crippen LogP contribution in [0.15, 0.2) is 30.5 Å². The Kier molecular flexibility index (Phi) is 3.26. The fraction of sp³-hybridized carbons (Fsp3) is 0.167. The van der Waals surface area contributed by atoms with Crippen LogP contribution < -0.4 is 11.1 Å². The van der Waals surface area contributed by atoms with Crippen LogP contribution in [0.4, 0.5) is 5.69 Å². The Morgan fingerprint density at radius 2 is 2.24 bits per heavy atom. The summed E-state index contributed by atoms with van der Waals surface area (Å²) < 4.78 is 0. The van der Waals surface area contributed by atoms with Gasteiger partial charge in [-0.2, -0.15) is 0 Å². The largest absolute Gasteiger partial charge is 0.324 e. The molecule has 88 valence electrons. The Bertz CT molecular complexity index is 569. The lowest BCUT2D eigenvalue weighted by molar-refractivity contribution is -0.117. The van der Waals surface area contributed by atoms with Crippen molar-refractivity contribution in [1.29, 1.82) is 0 Å². The van der Waals surface area contributed by atoms with Crippen LogP contribution >= 0.6 is 11.6 Å². The van der Waals surface area contributed by atoms with Crippen LogP contribution in [-0.2, 0) is 4.79 Å². The maximum atomic E-state index is 11.6. The van der Waals surface area contributed by atoms with Crippen molar-refractivity contribution in [2.24, 2.45) is 5.73 Å². The highest BCUT2D eigenvalue weighted by atomic mass is 35.5. The fourth-order valence-corrected chi connectivity index (χ4v) is 1.71. The van der Waals surface area contributed by atoms with Gasteiger partial charge in [0.1, 0.15) is 0 Å². The summed E-state index contributed by atoms with van der Waals surface area (Å²) in [5.41, 5.74) is 6.83. The second-order valence-electron chi connectivity index (χ2n) is 3.77. The Balaban J connectivity index is 2.48. The van der Waals surface area contributed by atoms with E-state index in [9.17, 15) is 4.79 Å². The summed E-state index contributed by atoms with van der Waals surface area (Å²) in [7, 11) is 0. The molecular weight excluding hydrogens is 238 g/mol. The maximum absolute atomic E-state index is 11.6. The number of hydrogen-bond acceptors (Lipinski definition) is 3. The third kappa shape index (κ3) is 2.38. The number of hydrogen-bond donors (Lipinski definition) is 2. The average Bonchev–Trinajstić information content (AvgIpc) is 2.33. The van der Waals surface area contributed by atoms with Crippen LogP contribution in [0.1, 0.15) is 6.92 Å². The molecule has 1 heterocycles. The molecule has 4 nitrogen and oxygen atoms in total. The van der Waals surface area contributed by atoms with Crippen LogP contribution in [-0.4, -0.2) is 16.9 Å². The molecule has 17 heavy (non-hydrogen) atoms. The van der Waals surface area contributed by atoms with Gasteiger partial charge in [0.2, 0.25) is 5.91 Å². The molecule has 0 saturated heterocycles. The van der Waals surface area contributed by atoms with Gasteiger partial charge in [0.25, 0.3) is 0 Å². The van der Waals surface area contributed by atoms with Gasteiger partial charge >= 0.3 is 0 Å². The predicted molar refractivity (Wildman–Crippen MR) is 69.0 cm³/mol. The quantitative estimate of drug-likeness (QED) is 0.857. The number of fused-ring (bicyclic) bond motifs is 1. The van der Waals surface area contributed by atoms with E-state index in [1.165, 1.54) is 0 Å². The molecule has 0 radical (unpaired) electrons. The molecule has 2 aromatic rings. The molecule has 0 saturated carbocycles. The SMILES string of the molecule is C[C@@H](N)C(=O)Nc1ccc(Cl)c2ncccc12. The minimum absolute atomic E-state index is 0.238. The molecular formula is C12H12ClN3O. The van der Waals surface area contributed by atoms with E-state index in [0.29, 0.717) is 16.2 Å². The molecule has 3 N–H and O–H groups in total. The Morgan fingerprint density at radius 3 is 2.94 bits per heavy atom. The number of carbonyl (C=O) groups is 1. The molecule has 5 heteroatoms. The van der Waals surface area contributed by atoms with Crippen LogP contribution in [0.3, 0.4) is 0 Å². The van der Waals surface area contributed by atoms with Crippen molar-refractivity contribution in [3.63, 3.8) is 0 Å². The number of aromatic nitrogens is 1. The van der Waals surface area contributed by atoms with Gasteiger partial charge < -0.3 is 11.1 Å². The van der Waals surface area contributed by atoms with E-state index in [1.807, 2.05) is 6.07 Å². The highest BCUT2D eigenvalue weighted by molar-refractivity contribution is 6.35. The zero-order valence-corrected chi connectivity index (χ0v) is 10.0. The summed E-state index contributed by atoms with van der Waals surface area (Å²) in [6.45, 7) is 1.63. The molecule has 0 spiro atoms. The Hall–Kier alpha value is -1.65. The Labute approximate surface area is 104 Å². The summed E-state index contributed by atoms with van der Waals surface area (Å²) in [5.74, 6) is -0.238. The summed E-state index contributed by atoms with van der Waals surface area (Å²) in [6, 6.07) is 6.53. The number of halogens is 1. The highest BCUT2D eigenvalue weighted by Crippen LogP contribution is 2.27. The van der Waals surface area contributed by atoms with Gasteiger partial charge in [-0.05, 0) is 31.2 Å². The molecule has 0 aliphatic heterocycles. The summed E-state index contributed by atoms with van der Waals surface area (Å²) in [6.07, 6.45) is 1.66. The van der Waals surface area contributed by atoms with Gasteiger partial charge in [0.05, 0.1) is 22.3 Å². The van der Waals surface area contributed by atoms with Crippen LogP contribution in [0.25, 0.3) is 10.9 Å². The summed E-state index contributed by atoms with van der Waals surface area (Å²) in [4.78, 5) is 15.7. The normalized spacial score (nSPS) is 12.4. The van der Waals surface area contributed by atoms with E-state index >= 15 is 0 Å². The standard InChI is InChI=1S/C12H12ClN3O/c1-7(14)12(17)16-10-5-4-9(13)11-8(10)3-2-6-15-11/h2-7H,14H2,1H3,(H,16,17)/t7-/m1/s1. The van der Waals surface area contributed by atoms with E-state index in [-0.39, 0.29) is 5.91 Å². The fourth-order valence-electron chi connectivity index (χ4n) is 1.49. The lowest BCUT2D eigenvalue weighted by atomic mass is 10.1. The first-order valence-corrected chi connectivity index (χ1v) is 5.57. The number of nitrogens with one attached hydrogen (secondary N) is 1. The number of amides is 1. The van der Waals surface area contributed by atoms with E-state index < -0.39 is 6.04 Å². The van der Waals surface area contributed by atoms with Gasteiger partial charge in [0, 0.05) is 11.6 Å².